The molecule has 0 aliphatic heterocycles. The molecule has 3 aromatic rings. The van der Waals surface area contributed by atoms with Crippen LogP contribution in [0.3, 0.4) is 0 Å². The van der Waals surface area contributed by atoms with Crippen LogP contribution in [0.1, 0.15) is 16.9 Å². The minimum absolute atomic E-state index is 0.220. The van der Waals surface area contributed by atoms with Gasteiger partial charge in [-0.25, -0.2) is 4.39 Å². The predicted octanol–water partition coefficient (Wildman–Crippen LogP) is 6.41. The molecular weight excluding hydrogens is 351 g/mol. The quantitative estimate of drug-likeness (QED) is 0.520. The van der Waals surface area contributed by atoms with Crippen LogP contribution in [0.25, 0.3) is 11.0 Å². The average molecular weight is 365 g/mol. The summed E-state index contributed by atoms with van der Waals surface area (Å²) in [6.07, 6.45) is 0. The van der Waals surface area contributed by atoms with Gasteiger partial charge in [-0.1, -0.05) is 27.7 Å². The Labute approximate surface area is 135 Å². The molecule has 0 radical (unpaired) electrons. The van der Waals surface area contributed by atoms with Gasteiger partial charge in [0.15, 0.2) is 0 Å². The van der Waals surface area contributed by atoms with Crippen molar-refractivity contribution in [2.75, 3.05) is 0 Å². The third kappa shape index (κ3) is 2.62. The Hall–Kier alpha value is -1.26. The summed E-state index contributed by atoms with van der Waals surface area (Å²) in [5, 5.41) is 1.12. The number of hydrogen-bond donors (Lipinski definition) is 0. The fourth-order valence-corrected chi connectivity index (χ4v) is 3.78. The van der Waals surface area contributed by atoms with Gasteiger partial charge in [0.1, 0.15) is 17.2 Å². The minimum Gasteiger partial charge on any atom is -0.460 e. The fraction of sp³-hybridized carbons (Fsp3) is 0.176. The molecule has 0 aliphatic carbocycles. The number of benzene rings is 2. The maximum Gasteiger partial charge on any atom is 0.136 e. The molecule has 1 heterocycles. The topological polar surface area (TPSA) is 13.1 Å². The SMILES string of the molecule is Cc1cc2oc(C)c(Sc3ccc(F)cc3)c2c(C)c1Br. The average Bonchev–Trinajstić information content (AvgIpc) is 2.75. The molecule has 0 spiro atoms. The number of fused-ring (bicyclic) bond motifs is 1. The van der Waals surface area contributed by atoms with Crippen molar-refractivity contribution in [1.82, 2.24) is 0 Å². The summed E-state index contributed by atoms with van der Waals surface area (Å²) in [6, 6.07) is 8.58. The Morgan fingerprint density at radius 2 is 1.76 bits per heavy atom. The molecule has 0 saturated heterocycles. The highest BCUT2D eigenvalue weighted by Gasteiger charge is 2.17. The molecule has 0 saturated carbocycles. The van der Waals surface area contributed by atoms with E-state index in [1.54, 1.807) is 23.9 Å². The summed E-state index contributed by atoms with van der Waals surface area (Å²) in [4.78, 5) is 2.09. The maximum atomic E-state index is 13.0. The van der Waals surface area contributed by atoms with Crippen LogP contribution in [0.15, 0.2) is 49.0 Å². The van der Waals surface area contributed by atoms with Gasteiger partial charge in [-0.3, -0.25) is 0 Å². The summed E-state index contributed by atoms with van der Waals surface area (Å²) in [5.74, 6) is 0.669. The lowest BCUT2D eigenvalue weighted by atomic mass is 10.1. The van der Waals surface area contributed by atoms with Crippen molar-refractivity contribution in [3.05, 3.63) is 57.5 Å². The largest absolute Gasteiger partial charge is 0.460 e. The lowest BCUT2D eigenvalue weighted by molar-refractivity contribution is 0.568. The van der Waals surface area contributed by atoms with Gasteiger partial charge >= 0.3 is 0 Å². The second-order valence-electron chi connectivity index (χ2n) is 5.05. The molecule has 3 rings (SSSR count). The van der Waals surface area contributed by atoms with Crippen molar-refractivity contribution in [2.45, 2.75) is 30.6 Å². The highest BCUT2D eigenvalue weighted by atomic mass is 79.9. The highest BCUT2D eigenvalue weighted by Crippen LogP contribution is 2.42. The van der Waals surface area contributed by atoms with Crippen molar-refractivity contribution in [3.8, 4) is 0 Å². The van der Waals surface area contributed by atoms with Crippen LogP contribution in [-0.4, -0.2) is 0 Å². The van der Waals surface area contributed by atoms with E-state index in [9.17, 15) is 4.39 Å². The second-order valence-corrected chi connectivity index (χ2v) is 6.93. The maximum absolute atomic E-state index is 13.0. The molecule has 0 amide bonds. The fourth-order valence-electron chi connectivity index (χ4n) is 2.42. The molecular formula is C17H14BrFOS. The van der Waals surface area contributed by atoms with Gasteiger partial charge in [0.05, 0.1) is 4.90 Å². The van der Waals surface area contributed by atoms with E-state index in [1.807, 2.05) is 13.0 Å². The lowest BCUT2D eigenvalue weighted by Crippen LogP contribution is -1.84. The number of halogens is 2. The second kappa shape index (κ2) is 5.50. The third-order valence-electron chi connectivity index (χ3n) is 3.49. The Bertz CT molecular complexity index is 821. The van der Waals surface area contributed by atoms with Crippen LogP contribution in [0.5, 0.6) is 0 Å². The molecule has 0 fully saturated rings. The molecule has 1 aromatic heterocycles. The monoisotopic (exact) mass is 364 g/mol. The first kappa shape index (κ1) is 14.7. The standard InChI is InChI=1S/C17H14BrFOS/c1-9-8-14-15(10(2)16(9)18)17(11(3)20-14)21-13-6-4-12(19)5-7-13/h4-8H,1-3H3. The smallest absolute Gasteiger partial charge is 0.136 e. The first-order valence-electron chi connectivity index (χ1n) is 6.59. The van der Waals surface area contributed by atoms with Crippen molar-refractivity contribution in [2.24, 2.45) is 0 Å². The third-order valence-corrected chi connectivity index (χ3v) is 5.91. The first-order valence-corrected chi connectivity index (χ1v) is 8.20. The van der Waals surface area contributed by atoms with Gasteiger partial charge in [0.25, 0.3) is 0 Å². The summed E-state index contributed by atoms with van der Waals surface area (Å²) in [5.41, 5.74) is 3.23. The van der Waals surface area contributed by atoms with Crippen LogP contribution in [0, 0.1) is 26.6 Å². The van der Waals surface area contributed by atoms with Gasteiger partial charge in [-0.05, 0) is 62.2 Å². The molecule has 2 aromatic carbocycles. The van der Waals surface area contributed by atoms with Gasteiger partial charge in [0.2, 0.25) is 0 Å². The van der Waals surface area contributed by atoms with E-state index < -0.39 is 0 Å². The normalized spacial score (nSPS) is 11.3. The van der Waals surface area contributed by atoms with Gasteiger partial charge < -0.3 is 4.42 Å². The van der Waals surface area contributed by atoms with Crippen molar-refractivity contribution < 1.29 is 8.81 Å². The number of hydrogen-bond acceptors (Lipinski definition) is 2. The molecule has 0 aliphatic rings. The molecule has 21 heavy (non-hydrogen) atoms. The highest BCUT2D eigenvalue weighted by molar-refractivity contribution is 9.10. The van der Waals surface area contributed by atoms with E-state index in [0.29, 0.717) is 0 Å². The van der Waals surface area contributed by atoms with Gasteiger partial charge in [-0.15, -0.1) is 0 Å². The molecule has 0 N–H and O–H groups in total. The Kier molecular flexibility index (Phi) is 3.84. The lowest BCUT2D eigenvalue weighted by Gasteiger charge is -2.06. The van der Waals surface area contributed by atoms with Crippen LogP contribution in [-0.2, 0) is 0 Å². The summed E-state index contributed by atoms with van der Waals surface area (Å²) in [6.45, 7) is 6.11. The van der Waals surface area contributed by atoms with E-state index in [-0.39, 0.29) is 5.82 Å². The van der Waals surface area contributed by atoms with E-state index in [4.69, 9.17) is 4.42 Å². The molecule has 4 heteroatoms. The Balaban J connectivity index is 2.16. The van der Waals surface area contributed by atoms with E-state index in [0.717, 1.165) is 36.6 Å². The van der Waals surface area contributed by atoms with Crippen molar-refractivity contribution in [3.63, 3.8) is 0 Å². The summed E-state index contributed by atoms with van der Waals surface area (Å²) < 4.78 is 20.0. The Morgan fingerprint density at radius 1 is 1.10 bits per heavy atom. The number of aryl methyl sites for hydroxylation is 3. The van der Waals surface area contributed by atoms with Crippen LogP contribution >= 0.6 is 27.7 Å². The zero-order chi connectivity index (χ0) is 15.1. The van der Waals surface area contributed by atoms with Gasteiger partial charge in [0, 0.05) is 14.8 Å². The van der Waals surface area contributed by atoms with Crippen LogP contribution in [0.4, 0.5) is 4.39 Å². The number of furan rings is 1. The molecule has 108 valence electrons. The minimum atomic E-state index is -0.220. The molecule has 0 unspecified atom stereocenters. The van der Waals surface area contributed by atoms with E-state index in [2.05, 4.69) is 29.8 Å². The van der Waals surface area contributed by atoms with Crippen molar-refractivity contribution >= 4 is 38.7 Å². The van der Waals surface area contributed by atoms with Crippen LogP contribution < -0.4 is 0 Å². The van der Waals surface area contributed by atoms with E-state index >= 15 is 0 Å². The molecule has 0 bridgehead atoms. The summed E-state index contributed by atoms with van der Waals surface area (Å²) >= 11 is 5.24. The first-order chi connectivity index (χ1) is 9.97. The van der Waals surface area contributed by atoms with Crippen molar-refractivity contribution in [1.29, 1.82) is 0 Å². The van der Waals surface area contributed by atoms with Gasteiger partial charge in [-0.2, -0.15) is 0 Å². The van der Waals surface area contributed by atoms with E-state index in [1.165, 1.54) is 17.7 Å². The van der Waals surface area contributed by atoms with Crippen LogP contribution in [0.2, 0.25) is 0 Å². The predicted molar refractivity (Wildman–Crippen MR) is 88.6 cm³/mol. The summed E-state index contributed by atoms with van der Waals surface area (Å²) in [7, 11) is 0. The number of rotatable bonds is 2. The zero-order valence-corrected chi connectivity index (χ0v) is 14.4. The zero-order valence-electron chi connectivity index (χ0n) is 12.0. The molecule has 0 atom stereocenters. The Morgan fingerprint density at radius 3 is 2.43 bits per heavy atom. The molecule has 1 nitrogen and oxygen atoms in total.